The first kappa shape index (κ1) is 21.5. The number of hydrogen-bond acceptors (Lipinski definition) is 5. The molecule has 0 aliphatic heterocycles. The summed E-state index contributed by atoms with van der Waals surface area (Å²) < 4.78 is 15.9. The van der Waals surface area contributed by atoms with Crippen LogP contribution in [0.15, 0.2) is 47.1 Å². The van der Waals surface area contributed by atoms with Gasteiger partial charge >= 0.3 is 0 Å². The number of methoxy groups -OCH3 is 1. The highest BCUT2D eigenvalue weighted by Gasteiger charge is 2.21. The van der Waals surface area contributed by atoms with Gasteiger partial charge in [-0.2, -0.15) is 0 Å². The van der Waals surface area contributed by atoms with Gasteiger partial charge < -0.3 is 24.1 Å². The van der Waals surface area contributed by atoms with Crippen molar-refractivity contribution in [2.24, 2.45) is 0 Å². The van der Waals surface area contributed by atoms with Crippen molar-refractivity contribution >= 4 is 17.5 Å². The lowest BCUT2D eigenvalue weighted by Crippen LogP contribution is -2.44. The summed E-state index contributed by atoms with van der Waals surface area (Å²) in [5.74, 6) is 0.288. The second-order valence-electron chi connectivity index (χ2n) is 6.30. The Bertz CT molecular complexity index is 741. The molecule has 0 unspecified atom stereocenters. The molecule has 152 valence electrons. The number of anilines is 1. The Balaban J connectivity index is 1.96. The number of hydrogen-bond donors (Lipinski definition) is 1. The molecule has 1 heterocycles. The third kappa shape index (κ3) is 6.13. The zero-order chi connectivity index (χ0) is 20.4. The smallest absolute Gasteiger partial charge is 0.291 e. The minimum absolute atomic E-state index is 0.0736. The second-order valence-corrected chi connectivity index (χ2v) is 6.30. The van der Waals surface area contributed by atoms with Crippen molar-refractivity contribution in [1.82, 2.24) is 4.90 Å². The summed E-state index contributed by atoms with van der Waals surface area (Å²) in [4.78, 5) is 26.5. The van der Waals surface area contributed by atoms with Gasteiger partial charge in [0.25, 0.3) is 11.8 Å². The number of carbonyl (C=O) groups excluding carboxylic acids is 2. The molecule has 0 spiro atoms. The minimum Gasteiger partial charge on any atom is -0.484 e. The lowest BCUT2D eigenvalue weighted by Gasteiger charge is -2.30. The summed E-state index contributed by atoms with van der Waals surface area (Å²) in [7, 11) is 1.62. The van der Waals surface area contributed by atoms with E-state index >= 15 is 0 Å². The third-order valence-corrected chi connectivity index (χ3v) is 4.44. The van der Waals surface area contributed by atoms with E-state index in [1.54, 1.807) is 43.5 Å². The van der Waals surface area contributed by atoms with E-state index in [1.165, 1.54) is 6.26 Å². The van der Waals surface area contributed by atoms with Crippen LogP contribution in [0.25, 0.3) is 0 Å². The maximum atomic E-state index is 12.7. The monoisotopic (exact) mass is 388 g/mol. The van der Waals surface area contributed by atoms with Crippen LogP contribution in [-0.4, -0.2) is 49.6 Å². The highest BCUT2D eigenvalue weighted by molar-refractivity contribution is 6.02. The number of furan rings is 1. The van der Waals surface area contributed by atoms with Crippen molar-refractivity contribution in [3.05, 3.63) is 48.4 Å². The summed E-state index contributed by atoms with van der Waals surface area (Å²) in [5.41, 5.74) is 0.558. The summed E-state index contributed by atoms with van der Waals surface area (Å²) >= 11 is 0. The Labute approximate surface area is 165 Å². The lowest BCUT2D eigenvalue weighted by atomic mass is 10.1. The molecule has 2 rings (SSSR count). The van der Waals surface area contributed by atoms with Crippen LogP contribution >= 0.6 is 0 Å². The van der Waals surface area contributed by atoms with Gasteiger partial charge in [0.05, 0.1) is 12.9 Å². The van der Waals surface area contributed by atoms with Gasteiger partial charge in [-0.15, -0.1) is 0 Å². The van der Waals surface area contributed by atoms with Crippen molar-refractivity contribution < 1.29 is 23.5 Å². The highest BCUT2D eigenvalue weighted by Crippen LogP contribution is 2.19. The van der Waals surface area contributed by atoms with E-state index in [2.05, 4.69) is 19.2 Å². The van der Waals surface area contributed by atoms with Crippen molar-refractivity contribution in [2.45, 2.75) is 32.7 Å². The molecule has 0 bridgehead atoms. The van der Waals surface area contributed by atoms with Crippen molar-refractivity contribution in [1.29, 1.82) is 0 Å². The van der Waals surface area contributed by atoms with E-state index in [4.69, 9.17) is 13.9 Å². The van der Waals surface area contributed by atoms with Gasteiger partial charge in [-0.25, -0.2) is 0 Å². The largest absolute Gasteiger partial charge is 0.484 e. The van der Waals surface area contributed by atoms with E-state index in [-0.39, 0.29) is 30.2 Å². The lowest BCUT2D eigenvalue weighted by molar-refractivity contribution is -0.136. The van der Waals surface area contributed by atoms with Crippen molar-refractivity contribution in [2.75, 3.05) is 32.2 Å². The Morgan fingerprint density at radius 1 is 1.18 bits per heavy atom. The molecule has 0 fully saturated rings. The molecule has 2 amide bonds. The molecular weight excluding hydrogens is 360 g/mol. The Kier molecular flexibility index (Phi) is 8.55. The van der Waals surface area contributed by atoms with E-state index in [0.29, 0.717) is 24.6 Å². The van der Waals surface area contributed by atoms with Gasteiger partial charge in [0.1, 0.15) is 5.75 Å². The maximum absolute atomic E-state index is 12.7. The normalized spacial score (nSPS) is 10.7. The van der Waals surface area contributed by atoms with Gasteiger partial charge in [-0.3, -0.25) is 9.59 Å². The number of amides is 2. The average Bonchev–Trinajstić information content (AvgIpc) is 3.25. The molecule has 1 aromatic carbocycles. The topological polar surface area (TPSA) is 81.0 Å². The zero-order valence-electron chi connectivity index (χ0n) is 16.6. The van der Waals surface area contributed by atoms with E-state index in [9.17, 15) is 9.59 Å². The van der Waals surface area contributed by atoms with Gasteiger partial charge in [-0.05, 0) is 37.1 Å². The summed E-state index contributed by atoms with van der Waals surface area (Å²) in [6.07, 6.45) is 3.19. The fraction of sp³-hybridized carbons (Fsp3) is 0.429. The molecule has 0 atom stereocenters. The van der Waals surface area contributed by atoms with Crippen LogP contribution in [0.5, 0.6) is 5.75 Å². The standard InChI is InChI=1S/C21H28N2O5/c1-4-17(5-2)23(11-13-26-3)20(24)15-28-18-9-6-8-16(14-18)22-21(25)19-10-7-12-27-19/h6-10,12,14,17H,4-5,11,13,15H2,1-3H3,(H,22,25). The molecule has 2 aromatic rings. The fourth-order valence-corrected chi connectivity index (χ4v) is 2.92. The van der Waals surface area contributed by atoms with Gasteiger partial charge in [0.15, 0.2) is 12.4 Å². The second kappa shape index (κ2) is 11.1. The van der Waals surface area contributed by atoms with Crippen LogP contribution in [0, 0.1) is 0 Å². The van der Waals surface area contributed by atoms with Crippen LogP contribution in [0.3, 0.4) is 0 Å². The molecule has 1 aromatic heterocycles. The summed E-state index contributed by atoms with van der Waals surface area (Å²) in [5, 5.41) is 2.73. The van der Waals surface area contributed by atoms with Crippen LogP contribution < -0.4 is 10.1 Å². The van der Waals surface area contributed by atoms with Crippen LogP contribution in [0.2, 0.25) is 0 Å². The molecule has 7 heteroatoms. The molecule has 7 nitrogen and oxygen atoms in total. The van der Waals surface area contributed by atoms with E-state index in [1.807, 2.05) is 4.90 Å². The van der Waals surface area contributed by atoms with Crippen molar-refractivity contribution in [3.8, 4) is 5.75 Å². The van der Waals surface area contributed by atoms with Gasteiger partial charge in [-0.1, -0.05) is 19.9 Å². The number of rotatable bonds is 11. The molecule has 28 heavy (non-hydrogen) atoms. The van der Waals surface area contributed by atoms with Gasteiger partial charge in [0.2, 0.25) is 0 Å². The first-order valence-corrected chi connectivity index (χ1v) is 9.45. The minimum atomic E-state index is -0.349. The Morgan fingerprint density at radius 2 is 1.96 bits per heavy atom. The van der Waals surface area contributed by atoms with E-state index in [0.717, 1.165) is 12.8 Å². The molecule has 0 aliphatic rings. The van der Waals surface area contributed by atoms with Crippen molar-refractivity contribution in [3.63, 3.8) is 0 Å². The first-order valence-electron chi connectivity index (χ1n) is 9.45. The zero-order valence-corrected chi connectivity index (χ0v) is 16.6. The Morgan fingerprint density at radius 3 is 2.61 bits per heavy atom. The third-order valence-electron chi connectivity index (χ3n) is 4.44. The number of nitrogens with zero attached hydrogens (tertiary/aromatic N) is 1. The predicted octanol–water partition coefficient (Wildman–Crippen LogP) is 3.57. The number of nitrogens with one attached hydrogen (secondary N) is 1. The van der Waals surface area contributed by atoms with Crippen LogP contribution in [-0.2, 0) is 9.53 Å². The number of ether oxygens (including phenoxy) is 2. The first-order chi connectivity index (χ1) is 13.6. The molecule has 0 saturated heterocycles. The predicted molar refractivity (Wildman–Crippen MR) is 107 cm³/mol. The highest BCUT2D eigenvalue weighted by atomic mass is 16.5. The summed E-state index contributed by atoms with van der Waals surface area (Å²) in [6.45, 7) is 5.07. The summed E-state index contributed by atoms with van der Waals surface area (Å²) in [6, 6.07) is 10.3. The van der Waals surface area contributed by atoms with Crippen LogP contribution in [0.1, 0.15) is 37.2 Å². The SMILES string of the molecule is CCC(CC)N(CCOC)C(=O)COc1cccc(NC(=O)c2ccco2)c1. The molecule has 0 radical (unpaired) electrons. The quantitative estimate of drug-likeness (QED) is 0.636. The van der Waals surface area contributed by atoms with E-state index < -0.39 is 0 Å². The molecule has 0 aliphatic carbocycles. The van der Waals surface area contributed by atoms with Crippen LogP contribution in [0.4, 0.5) is 5.69 Å². The number of carbonyl (C=O) groups is 2. The number of benzene rings is 1. The molecule has 1 N–H and O–H groups in total. The molecular formula is C21H28N2O5. The molecule has 0 saturated carbocycles. The van der Waals surface area contributed by atoms with Gasteiger partial charge in [0, 0.05) is 31.5 Å². The fourth-order valence-electron chi connectivity index (χ4n) is 2.92. The maximum Gasteiger partial charge on any atom is 0.291 e. The average molecular weight is 388 g/mol. The Hall–Kier alpha value is -2.80.